The summed E-state index contributed by atoms with van der Waals surface area (Å²) >= 11 is 0. The Labute approximate surface area is 122 Å². The molecule has 2 rings (SSSR count). The molecule has 0 spiro atoms. The Morgan fingerprint density at radius 3 is 2.35 bits per heavy atom. The van der Waals surface area contributed by atoms with Crippen LogP contribution in [0.2, 0.25) is 0 Å². The fraction of sp³-hybridized carbons (Fsp3) is 0.600. The lowest BCUT2D eigenvalue weighted by atomic mass is 10.3. The maximum Gasteiger partial charge on any atom is 0.161 e. The van der Waals surface area contributed by atoms with Crippen LogP contribution in [-0.4, -0.2) is 63.3 Å². The third-order valence-corrected chi connectivity index (χ3v) is 3.54. The molecule has 1 aliphatic rings. The number of methoxy groups -OCH3 is 1. The SMILES string of the molecule is COc1ccccc1OCCCN1CCN(C)CC1.N. The largest absolute Gasteiger partial charge is 0.493 e. The Kier molecular flexibility index (Phi) is 7.36. The van der Waals surface area contributed by atoms with E-state index in [0.717, 1.165) is 31.1 Å². The van der Waals surface area contributed by atoms with E-state index in [9.17, 15) is 0 Å². The molecular weight excluding hydrogens is 254 g/mol. The van der Waals surface area contributed by atoms with Crippen LogP contribution in [0.3, 0.4) is 0 Å². The third-order valence-electron chi connectivity index (χ3n) is 3.54. The second-order valence-corrected chi connectivity index (χ2v) is 5.00. The highest BCUT2D eigenvalue weighted by Gasteiger charge is 2.12. The van der Waals surface area contributed by atoms with Crippen molar-refractivity contribution in [1.29, 1.82) is 0 Å². The molecule has 0 bridgehead atoms. The van der Waals surface area contributed by atoms with Crippen molar-refractivity contribution in [3.63, 3.8) is 0 Å². The van der Waals surface area contributed by atoms with E-state index in [1.807, 2.05) is 24.3 Å². The molecule has 1 heterocycles. The minimum Gasteiger partial charge on any atom is -0.493 e. The summed E-state index contributed by atoms with van der Waals surface area (Å²) in [6.07, 6.45) is 1.06. The van der Waals surface area contributed by atoms with E-state index in [1.165, 1.54) is 26.2 Å². The van der Waals surface area contributed by atoms with E-state index in [1.54, 1.807) is 7.11 Å². The smallest absolute Gasteiger partial charge is 0.161 e. The van der Waals surface area contributed by atoms with Gasteiger partial charge in [0.2, 0.25) is 0 Å². The van der Waals surface area contributed by atoms with Gasteiger partial charge in [-0.15, -0.1) is 0 Å². The van der Waals surface area contributed by atoms with Crippen LogP contribution < -0.4 is 15.6 Å². The summed E-state index contributed by atoms with van der Waals surface area (Å²) in [6, 6.07) is 7.80. The van der Waals surface area contributed by atoms with Crippen LogP contribution in [0.15, 0.2) is 24.3 Å². The van der Waals surface area contributed by atoms with Gasteiger partial charge < -0.3 is 25.4 Å². The van der Waals surface area contributed by atoms with Crippen LogP contribution >= 0.6 is 0 Å². The maximum atomic E-state index is 5.78. The second kappa shape index (κ2) is 8.79. The molecule has 0 radical (unpaired) electrons. The first kappa shape index (κ1) is 16.8. The van der Waals surface area contributed by atoms with Gasteiger partial charge >= 0.3 is 0 Å². The Morgan fingerprint density at radius 1 is 1.05 bits per heavy atom. The van der Waals surface area contributed by atoms with Gasteiger partial charge in [-0.05, 0) is 25.6 Å². The number of nitrogens with zero attached hydrogens (tertiary/aromatic N) is 2. The Balaban J connectivity index is 0.00000200. The Bertz CT molecular complexity index is 379. The molecular formula is C15H27N3O2. The van der Waals surface area contributed by atoms with Gasteiger partial charge in [-0.1, -0.05) is 12.1 Å². The Morgan fingerprint density at radius 2 is 1.70 bits per heavy atom. The van der Waals surface area contributed by atoms with Crippen LogP contribution in [0.1, 0.15) is 6.42 Å². The molecule has 114 valence electrons. The molecule has 0 saturated carbocycles. The van der Waals surface area contributed by atoms with E-state index < -0.39 is 0 Å². The van der Waals surface area contributed by atoms with E-state index in [4.69, 9.17) is 9.47 Å². The number of hydrogen-bond acceptors (Lipinski definition) is 5. The first-order chi connectivity index (χ1) is 9.29. The van der Waals surface area contributed by atoms with Gasteiger partial charge in [0.25, 0.3) is 0 Å². The minimum atomic E-state index is 0. The molecule has 0 aromatic heterocycles. The lowest BCUT2D eigenvalue weighted by Gasteiger charge is -2.32. The first-order valence-electron chi connectivity index (χ1n) is 6.96. The van der Waals surface area contributed by atoms with Gasteiger partial charge in [0, 0.05) is 32.7 Å². The van der Waals surface area contributed by atoms with Gasteiger partial charge in [0.05, 0.1) is 13.7 Å². The highest BCUT2D eigenvalue weighted by atomic mass is 16.5. The minimum absolute atomic E-state index is 0. The number of hydrogen-bond donors (Lipinski definition) is 1. The van der Waals surface area contributed by atoms with Crippen molar-refractivity contribution in [2.75, 3.05) is 53.5 Å². The molecule has 5 nitrogen and oxygen atoms in total. The molecule has 1 fully saturated rings. The molecule has 1 aliphatic heterocycles. The van der Waals surface area contributed by atoms with E-state index in [-0.39, 0.29) is 6.15 Å². The number of benzene rings is 1. The molecule has 0 amide bonds. The average Bonchev–Trinajstić information content (AvgIpc) is 2.46. The van der Waals surface area contributed by atoms with Crippen LogP contribution in [0.25, 0.3) is 0 Å². The fourth-order valence-electron chi connectivity index (χ4n) is 2.28. The normalized spacial score (nSPS) is 16.5. The molecule has 0 aliphatic carbocycles. The molecule has 3 N–H and O–H groups in total. The predicted molar refractivity (Wildman–Crippen MR) is 82.1 cm³/mol. The van der Waals surface area contributed by atoms with Crippen LogP contribution in [0.4, 0.5) is 0 Å². The van der Waals surface area contributed by atoms with E-state index in [0.29, 0.717) is 0 Å². The number of piperazine rings is 1. The highest BCUT2D eigenvalue weighted by molar-refractivity contribution is 5.39. The molecule has 1 saturated heterocycles. The fourth-order valence-corrected chi connectivity index (χ4v) is 2.28. The highest BCUT2D eigenvalue weighted by Crippen LogP contribution is 2.25. The van der Waals surface area contributed by atoms with E-state index >= 15 is 0 Å². The van der Waals surface area contributed by atoms with Crippen molar-refractivity contribution in [3.05, 3.63) is 24.3 Å². The zero-order valence-corrected chi connectivity index (χ0v) is 12.7. The summed E-state index contributed by atoms with van der Waals surface area (Å²) in [4.78, 5) is 4.88. The topological polar surface area (TPSA) is 59.9 Å². The van der Waals surface area contributed by atoms with Gasteiger partial charge in [0.1, 0.15) is 0 Å². The summed E-state index contributed by atoms with van der Waals surface area (Å²) in [7, 11) is 3.86. The number of para-hydroxylation sites is 2. The van der Waals surface area contributed by atoms with Gasteiger partial charge in [-0.25, -0.2) is 0 Å². The standard InChI is InChI=1S/C15H24N2O2.H3N/c1-16-9-11-17(12-10-16)8-5-13-19-15-7-4-3-6-14(15)18-2;/h3-4,6-7H,5,8-13H2,1-2H3;1H3. The summed E-state index contributed by atoms with van der Waals surface area (Å²) in [5.74, 6) is 1.64. The monoisotopic (exact) mass is 281 g/mol. The predicted octanol–water partition coefficient (Wildman–Crippen LogP) is 1.87. The van der Waals surface area contributed by atoms with Gasteiger partial charge in [-0.2, -0.15) is 0 Å². The van der Waals surface area contributed by atoms with Crippen molar-refractivity contribution in [2.24, 2.45) is 0 Å². The second-order valence-electron chi connectivity index (χ2n) is 5.00. The Hall–Kier alpha value is -1.30. The zero-order chi connectivity index (χ0) is 13.5. The third kappa shape index (κ3) is 5.00. The first-order valence-corrected chi connectivity index (χ1v) is 6.96. The van der Waals surface area contributed by atoms with Crippen molar-refractivity contribution in [2.45, 2.75) is 6.42 Å². The molecule has 0 unspecified atom stereocenters. The maximum absolute atomic E-state index is 5.78. The lowest BCUT2D eigenvalue weighted by molar-refractivity contribution is 0.145. The zero-order valence-electron chi connectivity index (χ0n) is 12.7. The van der Waals surface area contributed by atoms with Crippen molar-refractivity contribution < 1.29 is 9.47 Å². The average molecular weight is 281 g/mol. The molecule has 1 aromatic rings. The van der Waals surface area contributed by atoms with Gasteiger partial charge in [0.15, 0.2) is 11.5 Å². The molecule has 5 heteroatoms. The van der Waals surface area contributed by atoms with Crippen LogP contribution in [0, 0.1) is 0 Å². The summed E-state index contributed by atoms with van der Waals surface area (Å²) in [5.41, 5.74) is 0. The molecule has 0 atom stereocenters. The number of rotatable bonds is 6. The number of likely N-dealkylation sites (N-methyl/N-ethyl adjacent to an activating group) is 1. The van der Waals surface area contributed by atoms with Gasteiger partial charge in [-0.3, -0.25) is 0 Å². The summed E-state index contributed by atoms with van der Waals surface area (Å²) < 4.78 is 11.0. The van der Waals surface area contributed by atoms with Crippen LogP contribution in [0.5, 0.6) is 11.5 Å². The van der Waals surface area contributed by atoms with Crippen molar-refractivity contribution in [1.82, 2.24) is 16.0 Å². The van der Waals surface area contributed by atoms with Crippen molar-refractivity contribution >= 4 is 0 Å². The number of ether oxygens (including phenoxy) is 2. The molecule has 1 aromatic carbocycles. The summed E-state index contributed by atoms with van der Waals surface area (Å²) in [6.45, 7) is 6.55. The van der Waals surface area contributed by atoms with Crippen molar-refractivity contribution in [3.8, 4) is 11.5 Å². The van der Waals surface area contributed by atoms with Crippen LogP contribution in [-0.2, 0) is 0 Å². The summed E-state index contributed by atoms with van der Waals surface area (Å²) in [5, 5.41) is 0. The quantitative estimate of drug-likeness (QED) is 0.807. The lowest BCUT2D eigenvalue weighted by Crippen LogP contribution is -2.44. The molecule has 20 heavy (non-hydrogen) atoms. The van der Waals surface area contributed by atoms with E-state index in [2.05, 4.69) is 16.8 Å².